The Morgan fingerprint density at radius 3 is 2.71 bits per heavy atom. The van der Waals surface area contributed by atoms with Crippen LogP contribution >= 0.6 is 0 Å². The first-order chi connectivity index (χ1) is 18.4. The molecule has 10 heteroatoms. The Kier molecular flexibility index (Phi) is 6.75. The zero-order valence-corrected chi connectivity index (χ0v) is 20.4. The molecule has 5 rings (SSSR count). The zero-order valence-electron chi connectivity index (χ0n) is 20.4. The second kappa shape index (κ2) is 10.3. The van der Waals surface area contributed by atoms with E-state index in [2.05, 4.69) is 26.7 Å². The highest BCUT2D eigenvalue weighted by Gasteiger charge is 2.61. The molecule has 10 nitrogen and oxygen atoms in total. The number of rotatable bonds is 8. The molecule has 2 aliphatic rings. The Labute approximate surface area is 218 Å². The summed E-state index contributed by atoms with van der Waals surface area (Å²) in [6, 6.07) is 14.0. The third-order valence-corrected chi connectivity index (χ3v) is 7.10. The van der Waals surface area contributed by atoms with Crippen LogP contribution in [0.15, 0.2) is 54.9 Å². The number of carbonyl (C=O) groups excluding carboxylic acids is 2. The average Bonchev–Trinajstić information content (AvgIpc) is 3.64. The summed E-state index contributed by atoms with van der Waals surface area (Å²) < 4.78 is 5.84. The van der Waals surface area contributed by atoms with Gasteiger partial charge in [-0.3, -0.25) is 19.7 Å². The smallest absolute Gasteiger partial charge is 0.303 e. The lowest BCUT2D eigenvalue weighted by molar-refractivity contribution is -0.137. The monoisotopic (exact) mass is 511 g/mol. The quantitative estimate of drug-likeness (QED) is 0.414. The summed E-state index contributed by atoms with van der Waals surface area (Å²) >= 11 is 0. The van der Waals surface area contributed by atoms with E-state index in [1.165, 1.54) is 12.4 Å². The molecule has 1 spiro atoms. The highest BCUT2D eigenvalue weighted by atomic mass is 16.5. The molecule has 38 heavy (non-hydrogen) atoms. The SMILES string of the molecule is N#Cc1ccc(CCCC(=O)O)c(NC(=O)[C@@H]2C[C@]23CCOc2ccc(C(=O)Nc4ncccn4)cc23)c1. The maximum atomic E-state index is 13.4. The zero-order chi connectivity index (χ0) is 26.7. The first-order valence-electron chi connectivity index (χ1n) is 12.3. The number of nitrogens with one attached hydrogen (secondary N) is 2. The van der Waals surface area contributed by atoms with E-state index in [0.717, 1.165) is 11.1 Å². The second-order valence-corrected chi connectivity index (χ2v) is 9.47. The number of benzene rings is 2. The summed E-state index contributed by atoms with van der Waals surface area (Å²) in [5.41, 5.74) is 2.48. The van der Waals surface area contributed by atoms with Crippen molar-refractivity contribution in [2.75, 3.05) is 17.2 Å². The van der Waals surface area contributed by atoms with Crippen LogP contribution in [-0.2, 0) is 21.4 Å². The number of fused-ring (bicyclic) bond motifs is 2. The number of carboxylic acids is 1. The van der Waals surface area contributed by atoms with Crippen molar-refractivity contribution >= 4 is 29.4 Å². The van der Waals surface area contributed by atoms with Gasteiger partial charge in [0.1, 0.15) is 5.75 Å². The molecule has 2 heterocycles. The second-order valence-electron chi connectivity index (χ2n) is 9.47. The maximum Gasteiger partial charge on any atom is 0.303 e. The maximum absolute atomic E-state index is 13.4. The summed E-state index contributed by atoms with van der Waals surface area (Å²) in [5, 5.41) is 24.0. The molecule has 1 aromatic heterocycles. The van der Waals surface area contributed by atoms with Gasteiger partial charge in [-0.15, -0.1) is 0 Å². The van der Waals surface area contributed by atoms with Crippen LogP contribution in [0.1, 0.15) is 52.7 Å². The largest absolute Gasteiger partial charge is 0.493 e. The number of hydrogen-bond acceptors (Lipinski definition) is 7. The van der Waals surface area contributed by atoms with Gasteiger partial charge < -0.3 is 15.2 Å². The van der Waals surface area contributed by atoms with Crippen molar-refractivity contribution in [2.45, 2.75) is 37.5 Å². The van der Waals surface area contributed by atoms with Gasteiger partial charge in [0.25, 0.3) is 5.91 Å². The van der Waals surface area contributed by atoms with Crippen LogP contribution in [0.3, 0.4) is 0 Å². The molecule has 0 bridgehead atoms. The molecule has 1 saturated carbocycles. The number of nitrogens with zero attached hydrogens (tertiary/aromatic N) is 3. The fourth-order valence-electron chi connectivity index (χ4n) is 5.05. The molecule has 1 aliphatic heterocycles. The highest BCUT2D eigenvalue weighted by Crippen LogP contribution is 2.61. The summed E-state index contributed by atoms with van der Waals surface area (Å²) in [7, 11) is 0. The molecule has 1 aliphatic carbocycles. The van der Waals surface area contributed by atoms with E-state index in [4.69, 9.17) is 9.84 Å². The summed E-state index contributed by atoms with van der Waals surface area (Å²) in [6.45, 7) is 0.463. The lowest BCUT2D eigenvalue weighted by Gasteiger charge is -2.27. The molecule has 2 atom stereocenters. The number of aliphatic carboxylic acids is 1. The molecular weight excluding hydrogens is 486 g/mol. The van der Waals surface area contributed by atoms with E-state index in [1.807, 2.05) is 0 Å². The predicted molar refractivity (Wildman–Crippen MR) is 137 cm³/mol. The van der Waals surface area contributed by atoms with E-state index in [0.29, 0.717) is 54.9 Å². The van der Waals surface area contributed by atoms with Crippen molar-refractivity contribution in [3.8, 4) is 11.8 Å². The van der Waals surface area contributed by atoms with Crippen LogP contribution in [0.4, 0.5) is 11.6 Å². The Morgan fingerprint density at radius 1 is 1.13 bits per heavy atom. The van der Waals surface area contributed by atoms with Crippen molar-refractivity contribution in [3.05, 3.63) is 77.1 Å². The van der Waals surface area contributed by atoms with E-state index in [-0.39, 0.29) is 30.1 Å². The highest BCUT2D eigenvalue weighted by molar-refractivity contribution is 6.04. The van der Waals surface area contributed by atoms with Crippen LogP contribution in [0.5, 0.6) is 5.75 Å². The van der Waals surface area contributed by atoms with Gasteiger partial charge in [-0.1, -0.05) is 6.07 Å². The fourth-order valence-corrected chi connectivity index (χ4v) is 5.05. The Balaban J connectivity index is 1.35. The van der Waals surface area contributed by atoms with Crippen molar-refractivity contribution in [1.29, 1.82) is 5.26 Å². The van der Waals surface area contributed by atoms with E-state index in [9.17, 15) is 19.6 Å². The molecule has 2 aromatic carbocycles. The lowest BCUT2D eigenvalue weighted by Crippen LogP contribution is -2.27. The minimum atomic E-state index is -0.883. The van der Waals surface area contributed by atoms with Gasteiger partial charge in [0.15, 0.2) is 0 Å². The third kappa shape index (κ3) is 5.04. The number of anilines is 2. The number of carboxylic acid groups (broad SMARTS) is 1. The number of hydrogen-bond donors (Lipinski definition) is 3. The van der Waals surface area contributed by atoms with Gasteiger partial charge in [0.05, 0.1) is 18.2 Å². The molecule has 3 N–H and O–H groups in total. The number of ether oxygens (including phenoxy) is 1. The molecular formula is C28H25N5O5. The van der Waals surface area contributed by atoms with Gasteiger partial charge in [-0.05, 0) is 67.6 Å². The van der Waals surface area contributed by atoms with Crippen molar-refractivity contribution in [2.24, 2.45) is 5.92 Å². The van der Waals surface area contributed by atoms with E-state index < -0.39 is 11.4 Å². The number of amides is 2. The summed E-state index contributed by atoms with van der Waals surface area (Å²) in [6.07, 6.45) is 5.21. The Bertz CT molecular complexity index is 1450. The molecule has 0 unspecified atom stereocenters. The summed E-state index contributed by atoms with van der Waals surface area (Å²) in [5.74, 6) is -0.908. The number of aryl methyl sites for hydroxylation is 1. The van der Waals surface area contributed by atoms with Crippen molar-refractivity contribution in [1.82, 2.24) is 9.97 Å². The number of carbonyl (C=O) groups is 3. The minimum Gasteiger partial charge on any atom is -0.493 e. The van der Waals surface area contributed by atoms with Crippen LogP contribution in [-0.4, -0.2) is 39.5 Å². The van der Waals surface area contributed by atoms with Crippen molar-refractivity contribution < 1.29 is 24.2 Å². The standard InChI is InChI=1S/C28H25N5O5/c29-16-17-5-6-18(3-1-4-24(34)35)22(13-17)32-26(37)21-15-28(21)9-12-38-23-8-7-19(14-20(23)28)25(36)33-27-30-10-2-11-31-27/h2,5-8,10-11,13-14,21H,1,3-4,9,12,15H2,(H,32,37)(H,34,35)(H,30,31,33,36)/t21-,28-/m0/s1. The minimum absolute atomic E-state index is 0.0161. The molecule has 0 saturated heterocycles. The lowest BCUT2D eigenvalue weighted by atomic mass is 9.86. The van der Waals surface area contributed by atoms with Gasteiger partial charge in [0.2, 0.25) is 11.9 Å². The van der Waals surface area contributed by atoms with Gasteiger partial charge in [-0.2, -0.15) is 5.26 Å². The van der Waals surface area contributed by atoms with Crippen LogP contribution in [0.2, 0.25) is 0 Å². The Morgan fingerprint density at radius 2 is 1.95 bits per heavy atom. The van der Waals surface area contributed by atoms with Gasteiger partial charge in [-0.25, -0.2) is 9.97 Å². The molecule has 192 valence electrons. The van der Waals surface area contributed by atoms with Crippen LogP contribution in [0.25, 0.3) is 0 Å². The Hall–Kier alpha value is -4.78. The van der Waals surface area contributed by atoms with E-state index in [1.54, 1.807) is 42.5 Å². The third-order valence-electron chi connectivity index (χ3n) is 7.10. The van der Waals surface area contributed by atoms with Crippen molar-refractivity contribution in [3.63, 3.8) is 0 Å². The first-order valence-corrected chi connectivity index (χ1v) is 12.3. The molecule has 0 radical (unpaired) electrons. The topological polar surface area (TPSA) is 154 Å². The number of nitriles is 1. The van der Waals surface area contributed by atoms with Crippen LogP contribution in [0, 0.1) is 17.2 Å². The predicted octanol–water partition coefficient (Wildman–Crippen LogP) is 3.69. The van der Waals surface area contributed by atoms with Gasteiger partial charge >= 0.3 is 5.97 Å². The van der Waals surface area contributed by atoms with Crippen LogP contribution < -0.4 is 15.4 Å². The van der Waals surface area contributed by atoms with E-state index >= 15 is 0 Å². The molecule has 1 fully saturated rings. The molecule has 3 aromatic rings. The number of aromatic nitrogens is 2. The van der Waals surface area contributed by atoms with Gasteiger partial charge in [0, 0.05) is 47.0 Å². The normalized spacial score (nSPS) is 19.0. The first kappa shape index (κ1) is 24.9. The molecule has 2 amide bonds. The fraction of sp³-hybridized carbons (Fsp3) is 0.286. The average molecular weight is 512 g/mol. The summed E-state index contributed by atoms with van der Waals surface area (Å²) in [4.78, 5) is 45.2.